The normalized spacial score (nSPS) is 22.0. The fourth-order valence-electron chi connectivity index (χ4n) is 3.85. The van der Waals surface area contributed by atoms with Gasteiger partial charge in [-0.15, -0.1) is 0 Å². The molecule has 8 heteroatoms. The van der Waals surface area contributed by atoms with Crippen molar-refractivity contribution in [3.05, 3.63) is 29.8 Å². The van der Waals surface area contributed by atoms with Crippen molar-refractivity contribution in [2.75, 3.05) is 32.8 Å². The minimum absolute atomic E-state index is 0.244. The van der Waals surface area contributed by atoms with E-state index < -0.39 is 21.7 Å². The quantitative estimate of drug-likeness (QED) is 0.859. The van der Waals surface area contributed by atoms with Crippen LogP contribution in [0.5, 0.6) is 0 Å². The van der Waals surface area contributed by atoms with Gasteiger partial charge in [0.2, 0.25) is 10.0 Å². The van der Waals surface area contributed by atoms with Gasteiger partial charge in [-0.3, -0.25) is 4.90 Å². The monoisotopic (exact) mass is 374 g/mol. The standard InChI is InChI=1S/C17H24F2N2O3S/c18-14-10-15(19)12-16(11-14)25(22,23)20-13-17(4-2-1-3-5-17)21-6-8-24-9-7-21/h10-12,20H,1-9,13H2. The number of hydrogen-bond acceptors (Lipinski definition) is 4. The molecule has 1 saturated heterocycles. The second-order valence-electron chi connectivity index (χ2n) is 6.81. The lowest BCUT2D eigenvalue weighted by molar-refractivity contribution is -0.0348. The maximum absolute atomic E-state index is 13.4. The maximum atomic E-state index is 13.4. The van der Waals surface area contributed by atoms with E-state index in [1.54, 1.807) is 0 Å². The summed E-state index contributed by atoms with van der Waals surface area (Å²) in [7, 11) is -3.97. The van der Waals surface area contributed by atoms with E-state index in [0.717, 1.165) is 57.3 Å². The first-order chi connectivity index (χ1) is 11.9. The number of sulfonamides is 1. The molecule has 1 saturated carbocycles. The minimum atomic E-state index is -3.97. The molecule has 2 fully saturated rings. The molecule has 1 aliphatic carbocycles. The first-order valence-electron chi connectivity index (χ1n) is 8.70. The summed E-state index contributed by atoms with van der Waals surface area (Å²) in [6.07, 6.45) is 5.06. The summed E-state index contributed by atoms with van der Waals surface area (Å²) in [5.41, 5.74) is -0.249. The van der Waals surface area contributed by atoms with Crippen LogP contribution in [0.2, 0.25) is 0 Å². The molecule has 3 rings (SSSR count). The third kappa shape index (κ3) is 4.36. The Labute approximate surface area is 147 Å². The number of benzene rings is 1. The molecule has 0 atom stereocenters. The lowest BCUT2D eigenvalue weighted by Crippen LogP contribution is -2.59. The Balaban J connectivity index is 1.77. The van der Waals surface area contributed by atoms with Gasteiger partial charge in [0.15, 0.2) is 0 Å². The zero-order valence-corrected chi connectivity index (χ0v) is 15.0. The van der Waals surface area contributed by atoms with Gasteiger partial charge in [-0.25, -0.2) is 21.9 Å². The molecule has 25 heavy (non-hydrogen) atoms. The SMILES string of the molecule is O=S(=O)(NCC1(N2CCOCC2)CCCCC1)c1cc(F)cc(F)c1. The zero-order chi connectivity index (χ0) is 17.9. The topological polar surface area (TPSA) is 58.6 Å². The van der Waals surface area contributed by atoms with Gasteiger partial charge in [0.05, 0.1) is 18.1 Å². The van der Waals surface area contributed by atoms with Crippen molar-refractivity contribution in [2.45, 2.75) is 42.5 Å². The predicted molar refractivity (Wildman–Crippen MR) is 89.8 cm³/mol. The van der Waals surface area contributed by atoms with E-state index in [2.05, 4.69) is 9.62 Å². The molecule has 0 bridgehead atoms. The van der Waals surface area contributed by atoms with Crippen molar-refractivity contribution >= 4 is 10.0 Å². The Morgan fingerprint density at radius 1 is 1.04 bits per heavy atom. The molecule has 0 radical (unpaired) electrons. The molecule has 2 aliphatic rings. The number of halogens is 2. The highest BCUT2D eigenvalue weighted by Gasteiger charge is 2.39. The number of morpholine rings is 1. The average Bonchev–Trinajstić information content (AvgIpc) is 2.61. The molecule has 0 spiro atoms. The second-order valence-corrected chi connectivity index (χ2v) is 8.58. The van der Waals surface area contributed by atoms with Crippen LogP contribution < -0.4 is 4.72 Å². The third-order valence-electron chi connectivity index (χ3n) is 5.20. The number of nitrogens with one attached hydrogen (secondary N) is 1. The van der Waals surface area contributed by atoms with Crippen molar-refractivity contribution in [1.82, 2.24) is 9.62 Å². The lowest BCUT2D eigenvalue weighted by atomic mass is 9.80. The Morgan fingerprint density at radius 2 is 1.64 bits per heavy atom. The van der Waals surface area contributed by atoms with Crippen LogP contribution >= 0.6 is 0 Å². The van der Waals surface area contributed by atoms with Gasteiger partial charge in [-0.05, 0) is 25.0 Å². The first kappa shape index (κ1) is 18.7. The van der Waals surface area contributed by atoms with E-state index in [1.165, 1.54) is 0 Å². The smallest absolute Gasteiger partial charge is 0.240 e. The highest BCUT2D eigenvalue weighted by Crippen LogP contribution is 2.34. The van der Waals surface area contributed by atoms with Crippen molar-refractivity contribution in [3.8, 4) is 0 Å². The Kier molecular flexibility index (Phi) is 5.72. The van der Waals surface area contributed by atoms with E-state index in [1.807, 2.05) is 0 Å². The highest BCUT2D eigenvalue weighted by molar-refractivity contribution is 7.89. The largest absolute Gasteiger partial charge is 0.379 e. The van der Waals surface area contributed by atoms with Crippen LogP contribution in [-0.4, -0.2) is 51.7 Å². The molecule has 1 heterocycles. The third-order valence-corrected chi connectivity index (χ3v) is 6.58. The highest BCUT2D eigenvalue weighted by atomic mass is 32.2. The number of nitrogens with zero attached hydrogens (tertiary/aromatic N) is 1. The van der Waals surface area contributed by atoms with E-state index in [9.17, 15) is 17.2 Å². The van der Waals surface area contributed by atoms with Crippen LogP contribution in [0.3, 0.4) is 0 Å². The molecular weight excluding hydrogens is 350 g/mol. The van der Waals surface area contributed by atoms with Crippen molar-refractivity contribution in [3.63, 3.8) is 0 Å². The van der Waals surface area contributed by atoms with Gasteiger partial charge in [-0.2, -0.15) is 0 Å². The predicted octanol–water partition coefficient (Wildman–Crippen LogP) is 2.28. The van der Waals surface area contributed by atoms with Gasteiger partial charge in [0, 0.05) is 31.2 Å². The van der Waals surface area contributed by atoms with Crippen LogP contribution in [0.1, 0.15) is 32.1 Å². The van der Waals surface area contributed by atoms with Crippen molar-refractivity contribution in [2.24, 2.45) is 0 Å². The number of ether oxygens (including phenoxy) is 1. The van der Waals surface area contributed by atoms with E-state index >= 15 is 0 Å². The molecule has 1 aliphatic heterocycles. The van der Waals surface area contributed by atoms with Crippen LogP contribution in [0.4, 0.5) is 8.78 Å². The van der Waals surface area contributed by atoms with Gasteiger partial charge >= 0.3 is 0 Å². The van der Waals surface area contributed by atoms with E-state index in [4.69, 9.17) is 4.74 Å². The van der Waals surface area contributed by atoms with Gasteiger partial charge in [-0.1, -0.05) is 19.3 Å². The molecule has 5 nitrogen and oxygen atoms in total. The fourth-order valence-corrected chi connectivity index (χ4v) is 5.01. The van der Waals surface area contributed by atoms with Gasteiger partial charge < -0.3 is 4.74 Å². The summed E-state index contributed by atoms with van der Waals surface area (Å²) < 4.78 is 59.8. The fraction of sp³-hybridized carbons (Fsp3) is 0.647. The summed E-state index contributed by atoms with van der Waals surface area (Å²) >= 11 is 0. The molecule has 1 aromatic carbocycles. The number of rotatable bonds is 5. The molecule has 0 amide bonds. The molecule has 1 aromatic rings. The van der Waals surface area contributed by atoms with Crippen LogP contribution in [-0.2, 0) is 14.8 Å². The minimum Gasteiger partial charge on any atom is -0.379 e. The van der Waals surface area contributed by atoms with Crippen LogP contribution in [0.25, 0.3) is 0 Å². The van der Waals surface area contributed by atoms with E-state index in [0.29, 0.717) is 19.3 Å². The lowest BCUT2D eigenvalue weighted by Gasteiger charge is -2.48. The Bertz CT molecular complexity index is 680. The summed E-state index contributed by atoms with van der Waals surface area (Å²) in [5, 5.41) is 0. The summed E-state index contributed by atoms with van der Waals surface area (Å²) in [6, 6.07) is 2.34. The van der Waals surface area contributed by atoms with E-state index in [-0.39, 0.29) is 17.0 Å². The zero-order valence-electron chi connectivity index (χ0n) is 14.1. The summed E-state index contributed by atoms with van der Waals surface area (Å²) in [6.45, 7) is 3.08. The first-order valence-corrected chi connectivity index (χ1v) is 10.2. The molecule has 140 valence electrons. The molecule has 1 N–H and O–H groups in total. The Morgan fingerprint density at radius 3 is 2.24 bits per heavy atom. The molecular formula is C17H24F2N2O3S. The van der Waals surface area contributed by atoms with Crippen LogP contribution in [0, 0.1) is 11.6 Å². The summed E-state index contributed by atoms with van der Waals surface area (Å²) in [4.78, 5) is 1.93. The van der Waals surface area contributed by atoms with Gasteiger partial charge in [0.1, 0.15) is 11.6 Å². The second kappa shape index (κ2) is 7.65. The average molecular weight is 374 g/mol. The Hall–Kier alpha value is -1.09. The van der Waals surface area contributed by atoms with Crippen molar-refractivity contribution in [1.29, 1.82) is 0 Å². The van der Waals surface area contributed by atoms with Gasteiger partial charge in [0.25, 0.3) is 0 Å². The molecule has 0 unspecified atom stereocenters. The van der Waals surface area contributed by atoms with Crippen LogP contribution in [0.15, 0.2) is 23.1 Å². The summed E-state index contributed by atoms with van der Waals surface area (Å²) in [5.74, 6) is -1.80. The molecule has 0 aromatic heterocycles. The van der Waals surface area contributed by atoms with Crippen molar-refractivity contribution < 1.29 is 21.9 Å². The number of hydrogen-bond donors (Lipinski definition) is 1. The maximum Gasteiger partial charge on any atom is 0.240 e.